The van der Waals surface area contributed by atoms with Gasteiger partial charge in [-0.1, -0.05) is 0 Å². The van der Waals surface area contributed by atoms with Crippen molar-refractivity contribution < 1.29 is 9.21 Å². The molecule has 2 aliphatic rings. The van der Waals surface area contributed by atoms with E-state index >= 15 is 0 Å². The summed E-state index contributed by atoms with van der Waals surface area (Å²) in [6, 6.07) is 4.01. The first-order valence-electron chi connectivity index (χ1n) is 10.6. The van der Waals surface area contributed by atoms with Gasteiger partial charge in [0.2, 0.25) is 11.9 Å². The van der Waals surface area contributed by atoms with Gasteiger partial charge in [-0.25, -0.2) is 9.97 Å². The SMILES string of the molecule is CC(CCc1ccco1)NC(=O)C1CCc2nc(N3CCCCC3)ncc2C1. The van der Waals surface area contributed by atoms with Gasteiger partial charge in [0, 0.05) is 43.4 Å². The average Bonchev–Trinajstić information content (AvgIpc) is 3.26. The van der Waals surface area contributed by atoms with Crippen molar-refractivity contribution in [2.45, 2.75) is 64.3 Å². The molecule has 150 valence electrons. The number of amides is 1. The van der Waals surface area contributed by atoms with E-state index in [1.54, 1.807) is 6.26 Å². The van der Waals surface area contributed by atoms with Crippen LogP contribution < -0.4 is 10.2 Å². The molecular formula is C22H30N4O2. The number of piperidine rings is 1. The molecule has 1 aliphatic carbocycles. The summed E-state index contributed by atoms with van der Waals surface area (Å²) >= 11 is 0. The molecule has 0 radical (unpaired) electrons. The topological polar surface area (TPSA) is 71.3 Å². The van der Waals surface area contributed by atoms with Crippen LogP contribution in [-0.4, -0.2) is 35.0 Å². The predicted octanol–water partition coefficient (Wildman–Crippen LogP) is 3.30. The van der Waals surface area contributed by atoms with Crippen molar-refractivity contribution >= 4 is 11.9 Å². The molecule has 3 heterocycles. The summed E-state index contributed by atoms with van der Waals surface area (Å²) in [6.45, 7) is 4.17. The molecule has 6 heteroatoms. The first kappa shape index (κ1) is 19.0. The molecule has 2 aromatic heterocycles. The van der Waals surface area contributed by atoms with Crippen LogP contribution in [0.3, 0.4) is 0 Å². The van der Waals surface area contributed by atoms with Crippen molar-refractivity contribution in [3.05, 3.63) is 41.6 Å². The fourth-order valence-corrected chi connectivity index (χ4v) is 4.21. The molecule has 0 saturated carbocycles. The molecule has 4 rings (SSSR count). The normalized spacial score (nSPS) is 20.5. The highest BCUT2D eigenvalue weighted by atomic mass is 16.3. The van der Waals surface area contributed by atoms with E-state index in [1.165, 1.54) is 19.3 Å². The number of carbonyl (C=O) groups is 1. The molecule has 2 aromatic rings. The Kier molecular flexibility index (Phi) is 5.93. The van der Waals surface area contributed by atoms with E-state index in [1.807, 2.05) is 18.3 Å². The van der Waals surface area contributed by atoms with Crippen molar-refractivity contribution in [1.82, 2.24) is 15.3 Å². The van der Waals surface area contributed by atoms with Crippen molar-refractivity contribution in [2.75, 3.05) is 18.0 Å². The zero-order valence-corrected chi connectivity index (χ0v) is 16.7. The monoisotopic (exact) mass is 382 g/mol. The zero-order valence-electron chi connectivity index (χ0n) is 16.7. The molecule has 2 atom stereocenters. The Labute approximate surface area is 166 Å². The van der Waals surface area contributed by atoms with E-state index in [-0.39, 0.29) is 17.9 Å². The van der Waals surface area contributed by atoms with Gasteiger partial charge in [0.1, 0.15) is 5.76 Å². The molecule has 1 amide bonds. The third kappa shape index (κ3) is 4.54. The van der Waals surface area contributed by atoms with Gasteiger partial charge in [0.15, 0.2) is 0 Å². The lowest BCUT2D eigenvalue weighted by Crippen LogP contribution is -2.39. The van der Waals surface area contributed by atoms with Gasteiger partial charge in [0.05, 0.1) is 6.26 Å². The maximum absolute atomic E-state index is 12.7. The average molecular weight is 383 g/mol. The van der Waals surface area contributed by atoms with Crippen LogP contribution in [0.15, 0.2) is 29.0 Å². The standard InChI is InChI=1S/C22H30N4O2/c1-16(7-9-19-6-5-13-28-19)24-21(27)17-8-10-20-18(14-17)15-23-22(25-20)26-11-3-2-4-12-26/h5-6,13,15-17H,2-4,7-12,14H2,1H3,(H,24,27). The van der Waals surface area contributed by atoms with Crippen molar-refractivity contribution in [2.24, 2.45) is 5.92 Å². The molecule has 1 saturated heterocycles. The summed E-state index contributed by atoms with van der Waals surface area (Å²) < 4.78 is 5.37. The minimum Gasteiger partial charge on any atom is -0.469 e. The first-order chi connectivity index (χ1) is 13.7. The first-order valence-corrected chi connectivity index (χ1v) is 10.6. The molecule has 6 nitrogen and oxygen atoms in total. The number of fused-ring (bicyclic) bond motifs is 1. The lowest BCUT2D eigenvalue weighted by molar-refractivity contribution is -0.126. The van der Waals surface area contributed by atoms with Gasteiger partial charge in [-0.3, -0.25) is 4.79 Å². The van der Waals surface area contributed by atoms with Crippen LogP contribution in [0.2, 0.25) is 0 Å². The van der Waals surface area contributed by atoms with Crippen molar-refractivity contribution in [3.8, 4) is 0 Å². The largest absolute Gasteiger partial charge is 0.469 e. The highest BCUT2D eigenvalue weighted by Crippen LogP contribution is 2.26. The smallest absolute Gasteiger partial charge is 0.225 e. The second-order valence-electron chi connectivity index (χ2n) is 8.16. The van der Waals surface area contributed by atoms with Gasteiger partial charge in [-0.2, -0.15) is 0 Å². The molecular weight excluding hydrogens is 352 g/mol. The number of rotatable bonds is 6. The Morgan fingerprint density at radius 2 is 2.21 bits per heavy atom. The molecule has 0 bridgehead atoms. The third-order valence-corrected chi connectivity index (χ3v) is 5.94. The summed E-state index contributed by atoms with van der Waals surface area (Å²) in [7, 11) is 0. The van der Waals surface area contributed by atoms with Crippen LogP contribution in [0.25, 0.3) is 0 Å². The minimum atomic E-state index is 0.0167. The predicted molar refractivity (Wildman–Crippen MR) is 108 cm³/mol. The van der Waals surface area contributed by atoms with E-state index in [4.69, 9.17) is 9.40 Å². The summed E-state index contributed by atoms with van der Waals surface area (Å²) in [6.07, 6.45) is 11.6. The van der Waals surface area contributed by atoms with Gasteiger partial charge in [0.25, 0.3) is 0 Å². The molecule has 28 heavy (non-hydrogen) atoms. The summed E-state index contributed by atoms with van der Waals surface area (Å²) in [5.41, 5.74) is 2.26. The van der Waals surface area contributed by atoms with Crippen LogP contribution in [0, 0.1) is 5.92 Å². The van der Waals surface area contributed by atoms with E-state index < -0.39 is 0 Å². The van der Waals surface area contributed by atoms with E-state index in [0.717, 1.165) is 68.2 Å². The molecule has 1 fully saturated rings. The summed E-state index contributed by atoms with van der Waals surface area (Å²) in [5, 5.41) is 3.18. The second kappa shape index (κ2) is 8.76. The third-order valence-electron chi connectivity index (χ3n) is 5.94. The Morgan fingerprint density at radius 3 is 3.00 bits per heavy atom. The van der Waals surface area contributed by atoms with Gasteiger partial charge < -0.3 is 14.6 Å². The number of carbonyl (C=O) groups excluding carboxylic acids is 1. The number of hydrogen-bond donors (Lipinski definition) is 1. The molecule has 1 aliphatic heterocycles. The number of aryl methyl sites for hydroxylation is 2. The number of furan rings is 1. The van der Waals surface area contributed by atoms with Crippen molar-refractivity contribution in [3.63, 3.8) is 0 Å². The van der Waals surface area contributed by atoms with Gasteiger partial charge >= 0.3 is 0 Å². The van der Waals surface area contributed by atoms with E-state index in [9.17, 15) is 4.79 Å². The van der Waals surface area contributed by atoms with E-state index in [2.05, 4.69) is 22.1 Å². The number of hydrogen-bond acceptors (Lipinski definition) is 5. The Balaban J connectivity index is 1.31. The molecule has 1 N–H and O–H groups in total. The zero-order chi connectivity index (χ0) is 19.3. The van der Waals surface area contributed by atoms with Crippen LogP contribution in [0.4, 0.5) is 5.95 Å². The fraction of sp³-hybridized carbons (Fsp3) is 0.591. The summed E-state index contributed by atoms with van der Waals surface area (Å²) in [5.74, 6) is 2.00. The quantitative estimate of drug-likeness (QED) is 0.830. The fourth-order valence-electron chi connectivity index (χ4n) is 4.21. The molecule has 0 spiro atoms. The van der Waals surface area contributed by atoms with E-state index in [0.29, 0.717) is 0 Å². The maximum atomic E-state index is 12.7. The molecule has 2 unspecified atom stereocenters. The van der Waals surface area contributed by atoms with Crippen LogP contribution in [-0.2, 0) is 24.1 Å². The highest BCUT2D eigenvalue weighted by molar-refractivity contribution is 5.79. The Morgan fingerprint density at radius 1 is 1.36 bits per heavy atom. The van der Waals surface area contributed by atoms with Crippen LogP contribution in [0.1, 0.15) is 56.0 Å². The van der Waals surface area contributed by atoms with Crippen molar-refractivity contribution in [1.29, 1.82) is 0 Å². The highest BCUT2D eigenvalue weighted by Gasteiger charge is 2.27. The Bertz CT molecular complexity index is 784. The number of nitrogens with one attached hydrogen (secondary N) is 1. The minimum absolute atomic E-state index is 0.0167. The number of nitrogens with zero attached hydrogens (tertiary/aromatic N) is 3. The maximum Gasteiger partial charge on any atom is 0.225 e. The molecule has 0 aromatic carbocycles. The van der Waals surface area contributed by atoms with Gasteiger partial charge in [-0.15, -0.1) is 0 Å². The summed E-state index contributed by atoms with van der Waals surface area (Å²) in [4.78, 5) is 24.4. The number of aromatic nitrogens is 2. The van der Waals surface area contributed by atoms with Gasteiger partial charge in [-0.05, 0) is 69.6 Å². The van der Waals surface area contributed by atoms with Crippen LogP contribution in [0.5, 0.6) is 0 Å². The lowest BCUT2D eigenvalue weighted by Gasteiger charge is -2.29. The lowest BCUT2D eigenvalue weighted by atomic mass is 9.86. The Hall–Kier alpha value is -2.37. The van der Waals surface area contributed by atoms with Crippen LogP contribution >= 0.6 is 0 Å². The second-order valence-corrected chi connectivity index (χ2v) is 8.16. The number of anilines is 1.